The van der Waals surface area contributed by atoms with Crippen molar-refractivity contribution in [2.45, 2.75) is 0 Å². The Labute approximate surface area is 290 Å². The second-order valence-corrected chi connectivity index (χ2v) is 12.9. The zero-order valence-electron chi connectivity index (χ0n) is 27.3. The molecule has 0 atom stereocenters. The third-order valence-electron chi connectivity index (χ3n) is 10.0. The minimum atomic E-state index is 0.864. The van der Waals surface area contributed by atoms with Gasteiger partial charge in [-0.2, -0.15) is 0 Å². The predicted molar refractivity (Wildman–Crippen MR) is 212 cm³/mol. The van der Waals surface area contributed by atoms with Gasteiger partial charge in [-0.25, -0.2) is 0 Å². The highest BCUT2D eigenvalue weighted by molar-refractivity contribution is 6.18. The van der Waals surface area contributed by atoms with Gasteiger partial charge < -0.3 is 9.32 Å². The number of rotatable bonds is 5. The van der Waals surface area contributed by atoms with Gasteiger partial charge in [0.1, 0.15) is 11.2 Å². The van der Waals surface area contributed by atoms with Crippen LogP contribution in [0.1, 0.15) is 0 Å². The van der Waals surface area contributed by atoms with Gasteiger partial charge in [-0.3, -0.25) is 0 Å². The number of benzene rings is 9. The summed E-state index contributed by atoms with van der Waals surface area (Å²) >= 11 is 0. The Morgan fingerprint density at radius 1 is 0.340 bits per heavy atom. The fraction of sp³-hybridized carbons (Fsp3) is 0. The lowest BCUT2D eigenvalue weighted by Crippen LogP contribution is -2.11. The lowest BCUT2D eigenvalue weighted by Gasteiger charge is -2.28. The fourth-order valence-corrected chi connectivity index (χ4v) is 7.72. The van der Waals surface area contributed by atoms with Gasteiger partial charge in [-0.15, -0.1) is 0 Å². The average molecular weight is 638 g/mol. The number of hydrogen-bond donors (Lipinski definition) is 0. The van der Waals surface area contributed by atoms with Crippen molar-refractivity contribution < 1.29 is 4.42 Å². The van der Waals surface area contributed by atoms with Gasteiger partial charge in [0, 0.05) is 16.5 Å². The largest absolute Gasteiger partial charge is 0.456 e. The van der Waals surface area contributed by atoms with Crippen molar-refractivity contribution in [3.8, 4) is 22.3 Å². The van der Waals surface area contributed by atoms with E-state index in [1.54, 1.807) is 0 Å². The molecule has 2 heteroatoms. The molecule has 0 radical (unpaired) electrons. The molecule has 0 unspecified atom stereocenters. The maximum atomic E-state index is 6.65. The van der Waals surface area contributed by atoms with E-state index in [0.717, 1.165) is 44.6 Å². The van der Waals surface area contributed by atoms with E-state index in [1.165, 1.54) is 49.0 Å². The second kappa shape index (κ2) is 11.5. The third kappa shape index (κ3) is 4.57. The minimum absolute atomic E-state index is 0.864. The maximum absolute atomic E-state index is 6.65. The molecule has 0 saturated heterocycles. The zero-order chi connectivity index (χ0) is 33.0. The molecule has 0 spiro atoms. The Hall–Kier alpha value is -6.64. The van der Waals surface area contributed by atoms with E-state index >= 15 is 0 Å². The Morgan fingerprint density at radius 3 is 1.90 bits per heavy atom. The molecule has 1 heterocycles. The Morgan fingerprint density at radius 2 is 1.02 bits per heavy atom. The third-order valence-corrected chi connectivity index (χ3v) is 10.0. The molecule has 2 nitrogen and oxygen atoms in total. The quantitative estimate of drug-likeness (QED) is 0.175. The maximum Gasteiger partial charge on any atom is 0.137 e. The van der Waals surface area contributed by atoms with Crippen LogP contribution >= 0.6 is 0 Å². The normalized spacial score (nSPS) is 11.6. The van der Waals surface area contributed by atoms with Crippen molar-refractivity contribution >= 4 is 71.3 Å². The Balaban J connectivity index is 1.26. The van der Waals surface area contributed by atoms with Gasteiger partial charge >= 0.3 is 0 Å². The predicted octanol–water partition coefficient (Wildman–Crippen LogP) is 13.8. The topological polar surface area (TPSA) is 16.4 Å². The summed E-state index contributed by atoms with van der Waals surface area (Å²) in [4.78, 5) is 2.44. The summed E-state index contributed by atoms with van der Waals surface area (Å²) in [5.41, 5.74) is 9.72. The summed E-state index contributed by atoms with van der Waals surface area (Å²) in [6.07, 6.45) is 0. The Bertz CT molecular complexity index is 2880. The van der Waals surface area contributed by atoms with E-state index in [1.807, 2.05) is 0 Å². The van der Waals surface area contributed by atoms with Crippen LogP contribution in [0.4, 0.5) is 17.1 Å². The first-order chi connectivity index (χ1) is 24.8. The monoisotopic (exact) mass is 637 g/mol. The highest BCUT2D eigenvalue weighted by Gasteiger charge is 2.22. The molecule has 0 aliphatic heterocycles. The molecule has 50 heavy (non-hydrogen) atoms. The van der Waals surface area contributed by atoms with E-state index < -0.39 is 0 Å². The van der Waals surface area contributed by atoms with E-state index in [2.05, 4.69) is 193 Å². The highest BCUT2D eigenvalue weighted by atomic mass is 16.3. The van der Waals surface area contributed by atoms with Crippen LogP contribution in [-0.2, 0) is 0 Å². The van der Waals surface area contributed by atoms with Crippen LogP contribution < -0.4 is 4.90 Å². The van der Waals surface area contributed by atoms with E-state index in [4.69, 9.17) is 4.42 Å². The van der Waals surface area contributed by atoms with Crippen molar-refractivity contribution in [3.05, 3.63) is 188 Å². The van der Waals surface area contributed by atoms with Crippen molar-refractivity contribution in [2.75, 3.05) is 4.90 Å². The van der Waals surface area contributed by atoms with Crippen molar-refractivity contribution in [3.63, 3.8) is 0 Å². The second-order valence-electron chi connectivity index (χ2n) is 12.9. The van der Waals surface area contributed by atoms with Crippen molar-refractivity contribution in [2.24, 2.45) is 0 Å². The summed E-state index contributed by atoms with van der Waals surface area (Å²) in [6.45, 7) is 0. The number of anilines is 3. The molecule has 234 valence electrons. The summed E-state index contributed by atoms with van der Waals surface area (Å²) < 4.78 is 6.65. The lowest BCUT2D eigenvalue weighted by atomic mass is 9.96. The zero-order valence-corrected chi connectivity index (χ0v) is 27.3. The van der Waals surface area contributed by atoms with Gasteiger partial charge in [-0.05, 0) is 91.6 Å². The molecule has 0 fully saturated rings. The average Bonchev–Trinajstić information content (AvgIpc) is 3.57. The van der Waals surface area contributed by atoms with Crippen LogP contribution in [0, 0.1) is 0 Å². The molecule has 0 saturated carbocycles. The molecule has 10 rings (SSSR count). The van der Waals surface area contributed by atoms with Crippen LogP contribution in [0.3, 0.4) is 0 Å². The first kappa shape index (κ1) is 28.4. The van der Waals surface area contributed by atoms with Crippen molar-refractivity contribution in [1.29, 1.82) is 0 Å². The smallest absolute Gasteiger partial charge is 0.137 e. The van der Waals surface area contributed by atoms with Crippen molar-refractivity contribution in [1.82, 2.24) is 0 Å². The first-order valence-electron chi connectivity index (χ1n) is 17.1. The summed E-state index contributed by atoms with van der Waals surface area (Å²) in [7, 11) is 0. The van der Waals surface area contributed by atoms with Crippen LogP contribution in [0.5, 0.6) is 0 Å². The first-order valence-corrected chi connectivity index (χ1v) is 17.1. The molecule has 1 aromatic heterocycles. The summed E-state index contributed by atoms with van der Waals surface area (Å²) in [5.74, 6) is 0. The van der Waals surface area contributed by atoms with E-state index in [0.29, 0.717) is 0 Å². The number of hydrogen-bond acceptors (Lipinski definition) is 2. The van der Waals surface area contributed by atoms with Crippen LogP contribution in [0.2, 0.25) is 0 Å². The van der Waals surface area contributed by atoms with Gasteiger partial charge in [0.05, 0.1) is 16.8 Å². The Kier molecular flexibility index (Phi) is 6.53. The molecule has 0 aliphatic carbocycles. The molecule has 0 N–H and O–H groups in total. The molecular weight excluding hydrogens is 607 g/mol. The van der Waals surface area contributed by atoms with E-state index in [9.17, 15) is 0 Å². The van der Waals surface area contributed by atoms with Gasteiger partial charge in [0.15, 0.2) is 0 Å². The molecular formula is C48H31NO. The van der Waals surface area contributed by atoms with Gasteiger partial charge in [0.25, 0.3) is 0 Å². The molecule has 0 bridgehead atoms. The van der Waals surface area contributed by atoms with Crippen LogP contribution in [0.15, 0.2) is 192 Å². The molecule has 10 aromatic rings. The molecule has 0 aliphatic rings. The minimum Gasteiger partial charge on any atom is -0.456 e. The summed E-state index contributed by atoms with van der Waals surface area (Å²) in [5, 5.41) is 9.53. The van der Waals surface area contributed by atoms with Crippen LogP contribution in [-0.4, -0.2) is 0 Å². The van der Waals surface area contributed by atoms with Gasteiger partial charge in [-0.1, -0.05) is 146 Å². The molecule has 0 amide bonds. The number of fused-ring (bicyclic) bond motifs is 7. The number of furan rings is 1. The number of nitrogens with zero attached hydrogens (tertiary/aromatic N) is 1. The standard InChI is InChI=1S/C48H31NO/c1-2-13-32(14-3-1)34-27-28-43-47(31-34)50-46-26-12-25-44(48(43)46)49(45-30-36-16-5-7-21-40(36)41-22-8-9-23-42(41)45)37-19-10-18-35(29-37)39-24-11-17-33-15-4-6-20-38(33)39/h1-31H. The SMILES string of the molecule is c1ccc(-c2ccc3c(c2)oc2cccc(N(c4cccc(-c5cccc6ccccc56)c4)c4cc5ccccc5c5ccccc45)c23)cc1. The van der Waals surface area contributed by atoms with Gasteiger partial charge in [0.2, 0.25) is 0 Å². The lowest BCUT2D eigenvalue weighted by molar-refractivity contribution is 0.669. The van der Waals surface area contributed by atoms with E-state index in [-0.39, 0.29) is 0 Å². The molecule has 9 aromatic carbocycles. The van der Waals surface area contributed by atoms with Crippen LogP contribution in [0.25, 0.3) is 76.5 Å². The highest BCUT2D eigenvalue weighted by Crippen LogP contribution is 2.47. The summed E-state index contributed by atoms with van der Waals surface area (Å²) in [6, 6.07) is 67.5. The fourth-order valence-electron chi connectivity index (χ4n) is 7.72.